The summed E-state index contributed by atoms with van der Waals surface area (Å²) in [7, 11) is 1.65. The predicted octanol–water partition coefficient (Wildman–Crippen LogP) is 3.84. The van der Waals surface area contributed by atoms with Crippen molar-refractivity contribution in [2.45, 2.75) is 37.4 Å². The normalized spacial score (nSPS) is 20.1. The first kappa shape index (κ1) is 27.9. The summed E-state index contributed by atoms with van der Waals surface area (Å²) < 4.78 is 49.1. The number of halogens is 3. The van der Waals surface area contributed by atoms with Crippen molar-refractivity contribution in [3.05, 3.63) is 65.2 Å². The van der Waals surface area contributed by atoms with Crippen molar-refractivity contribution in [2.24, 2.45) is 5.92 Å². The highest BCUT2D eigenvalue weighted by molar-refractivity contribution is 5.97. The Morgan fingerprint density at radius 1 is 1.08 bits per heavy atom. The highest BCUT2D eigenvalue weighted by Crippen LogP contribution is 2.50. The molecule has 1 aliphatic carbocycles. The van der Waals surface area contributed by atoms with Gasteiger partial charge in [0.05, 0.1) is 25.9 Å². The van der Waals surface area contributed by atoms with E-state index in [1.807, 2.05) is 12.1 Å². The number of carbonyl (C=O) groups excluding carboxylic acids is 2. The Labute approximate surface area is 220 Å². The zero-order valence-corrected chi connectivity index (χ0v) is 21.4. The van der Waals surface area contributed by atoms with Crippen LogP contribution in [-0.2, 0) is 15.7 Å². The van der Waals surface area contributed by atoms with Crippen LogP contribution in [-0.4, -0.2) is 69.3 Å². The van der Waals surface area contributed by atoms with Gasteiger partial charge in [-0.15, -0.1) is 0 Å². The number of methoxy groups -OCH3 is 1. The Morgan fingerprint density at radius 2 is 1.76 bits per heavy atom. The maximum Gasteiger partial charge on any atom is 0.416 e. The molecule has 1 saturated heterocycles. The Kier molecular flexibility index (Phi) is 9.27. The molecule has 206 valence electrons. The molecule has 2 aliphatic rings. The molecule has 1 aliphatic heterocycles. The van der Waals surface area contributed by atoms with Crippen molar-refractivity contribution in [1.82, 2.24) is 15.5 Å². The molecule has 1 unspecified atom stereocenters. The molecule has 38 heavy (non-hydrogen) atoms. The number of rotatable bonds is 11. The molecule has 4 rings (SSSR count). The van der Waals surface area contributed by atoms with Gasteiger partial charge in [-0.25, -0.2) is 0 Å². The first-order chi connectivity index (χ1) is 18.3. The third-order valence-electron chi connectivity index (χ3n) is 7.14. The van der Waals surface area contributed by atoms with Crippen LogP contribution in [0.4, 0.5) is 13.2 Å². The Bertz CT molecular complexity index is 1070. The van der Waals surface area contributed by atoms with Crippen molar-refractivity contribution >= 4 is 11.8 Å². The number of amides is 2. The highest BCUT2D eigenvalue weighted by Gasteiger charge is 2.37. The average Bonchev–Trinajstić information content (AvgIpc) is 3.71. The van der Waals surface area contributed by atoms with Gasteiger partial charge in [0.2, 0.25) is 5.91 Å². The molecular formula is C28H34F3N3O4. The smallest absolute Gasteiger partial charge is 0.416 e. The maximum absolute atomic E-state index is 13.1. The van der Waals surface area contributed by atoms with Gasteiger partial charge in [-0.3, -0.25) is 9.59 Å². The number of carbonyl (C=O) groups is 2. The van der Waals surface area contributed by atoms with E-state index in [1.165, 1.54) is 5.56 Å². The molecule has 2 N–H and O–H groups in total. The fourth-order valence-corrected chi connectivity index (χ4v) is 4.82. The van der Waals surface area contributed by atoms with Crippen LogP contribution < -0.4 is 15.4 Å². The van der Waals surface area contributed by atoms with Crippen molar-refractivity contribution < 1.29 is 32.2 Å². The zero-order chi connectivity index (χ0) is 27.1. The van der Waals surface area contributed by atoms with E-state index in [0.29, 0.717) is 44.7 Å². The molecule has 7 nitrogen and oxygen atoms in total. The molecular weight excluding hydrogens is 499 g/mol. The molecule has 2 aromatic rings. The summed E-state index contributed by atoms with van der Waals surface area (Å²) in [6, 6.07) is 11.3. The zero-order valence-electron chi connectivity index (χ0n) is 21.4. The van der Waals surface area contributed by atoms with Crippen LogP contribution in [0, 0.1) is 5.92 Å². The van der Waals surface area contributed by atoms with Crippen molar-refractivity contribution in [3.63, 3.8) is 0 Å². The number of hydrogen-bond acceptors (Lipinski definition) is 5. The van der Waals surface area contributed by atoms with Crippen LogP contribution in [0.15, 0.2) is 48.5 Å². The number of hydrogen-bond donors (Lipinski definition) is 2. The second-order valence-corrected chi connectivity index (χ2v) is 9.76. The van der Waals surface area contributed by atoms with Gasteiger partial charge in [0.1, 0.15) is 11.8 Å². The van der Waals surface area contributed by atoms with Gasteiger partial charge in [0.15, 0.2) is 0 Å². The minimum atomic E-state index is -4.48. The quantitative estimate of drug-likeness (QED) is 0.429. The van der Waals surface area contributed by atoms with E-state index in [2.05, 4.69) is 22.8 Å². The summed E-state index contributed by atoms with van der Waals surface area (Å²) in [5, 5.41) is 6.00. The lowest BCUT2D eigenvalue weighted by Crippen LogP contribution is -2.55. The largest absolute Gasteiger partial charge is 0.497 e. The SMILES string of the molecule is COc1ccc([C@@H]2CC2CCCNC[C@H](NC(=O)c2ccc(C(F)(F)F)cc2)C(=O)N2CCOCC2)cc1. The van der Waals surface area contributed by atoms with Gasteiger partial charge in [-0.05, 0) is 79.6 Å². The van der Waals surface area contributed by atoms with E-state index < -0.39 is 23.7 Å². The minimum absolute atomic E-state index is 0.0658. The van der Waals surface area contributed by atoms with E-state index in [-0.39, 0.29) is 18.0 Å². The first-order valence-corrected chi connectivity index (χ1v) is 13.0. The monoisotopic (exact) mass is 533 g/mol. The van der Waals surface area contributed by atoms with Crippen LogP contribution in [0.1, 0.15) is 46.7 Å². The van der Waals surface area contributed by atoms with E-state index in [0.717, 1.165) is 49.3 Å². The predicted molar refractivity (Wildman–Crippen MR) is 136 cm³/mol. The van der Waals surface area contributed by atoms with E-state index in [4.69, 9.17) is 9.47 Å². The third-order valence-corrected chi connectivity index (χ3v) is 7.14. The number of alkyl halides is 3. The number of ether oxygens (including phenoxy) is 2. The summed E-state index contributed by atoms with van der Waals surface area (Å²) in [5.74, 6) is 1.23. The summed E-state index contributed by atoms with van der Waals surface area (Å²) >= 11 is 0. The summed E-state index contributed by atoms with van der Waals surface area (Å²) in [4.78, 5) is 27.6. The molecule has 0 bridgehead atoms. The summed E-state index contributed by atoms with van der Waals surface area (Å²) in [5.41, 5.74) is 0.559. The number of benzene rings is 2. The lowest BCUT2D eigenvalue weighted by atomic mass is 10.1. The van der Waals surface area contributed by atoms with Crippen molar-refractivity contribution in [3.8, 4) is 5.75 Å². The van der Waals surface area contributed by atoms with Crippen molar-refractivity contribution in [2.75, 3.05) is 46.5 Å². The number of nitrogens with one attached hydrogen (secondary N) is 2. The van der Waals surface area contributed by atoms with Gasteiger partial charge >= 0.3 is 6.18 Å². The number of morpholine rings is 1. The fourth-order valence-electron chi connectivity index (χ4n) is 4.82. The lowest BCUT2D eigenvalue weighted by Gasteiger charge is -2.31. The maximum atomic E-state index is 13.1. The molecule has 1 saturated carbocycles. The van der Waals surface area contributed by atoms with Crippen LogP contribution in [0.2, 0.25) is 0 Å². The summed E-state index contributed by atoms with van der Waals surface area (Å²) in [6.07, 6.45) is -1.33. The molecule has 0 spiro atoms. The van der Waals surface area contributed by atoms with Gasteiger partial charge in [-0.1, -0.05) is 12.1 Å². The van der Waals surface area contributed by atoms with Gasteiger partial charge < -0.3 is 25.0 Å². The van der Waals surface area contributed by atoms with Crippen LogP contribution in [0.25, 0.3) is 0 Å². The fraction of sp³-hybridized carbons (Fsp3) is 0.500. The molecule has 0 radical (unpaired) electrons. The van der Waals surface area contributed by atoms with Crippen molar-refractivity contribution in [1.29, 1.82) is 0 Å². The van der Waals surface area contributed by atoms with E-state index >= 15 is 0 Å². The van der Waals surface area contributed by atoms with Gasteiger partial charge in [0.25, 0.3) is 5.91 Å². The van der Waals surface area contributed by atoms with E-state index in [9.17, 15) is 22.8 Å². The molecule has 1 heterocycles. The molecule has 0 aromatic heterocycles. The molecule has 2 fully saturated rings. The lowest BCUT2D eigenvalue weighted by molar-refractivity contribution is -0.138. The highest BCUT2D eigenvalue weighted by atomic mass is 19.4. The third kappa shape index (κ3) is 7.48. The molecule has 3 atom stereocenters. The van der Waals surface area contributed by atoms with Gasteiger partial charge in [0, 0.05) is 25.2 Å². The second-order valence-electron chi connectivity index (χ2n) is 9.76. The van der Waals surface area contributed by atoms with Crippen LogP contribution in [0.5, 0.6) is 5.75 Å². The molecule has 2 aromatic carbocycles. The minimum Gasteiger partial charge on any atom is -0.497 e. The average molecular weight is 534 g/mol. The van der Waals surface area contributed by atoms with Gasteiger partial charge in [-0.2, -0.15) is 13.2 Å². The topological polar surface area (TPSA) is 79.9 Å². The Hall–Kier alpha value is -3.11. The Balaban J connectivity index is 1.27. The second kappa shape index (κ2) is 12.6. The van der Waals surface area contributed by atoms with Crippen LogP contribution >= 0.6 is 0 Å². The molecule has 10 heteroatoms. The standard InChI is InChI=1S/C28H34F3N3O4/c1-37-23-10-6-19(7-11-23)24-17-21(24)3-2-12-32-18-25(27(36)34-13-15-38-16-14-34)33-26(35)20-4-8-22(9-5-20)28(29,30)31/h4-11,21,24-25,32H,2-3,12-18H2,1H3,(H,33,35)/t21?,24-,25-/m0/s1. The first-order valence-electron chi connectivity index (χ1n) is 13.0. The van der Waals surface area contributed by atoms with E-state index in [1.54, 1.807) is 12.0 Å². The summed E-state index contributed by atoms with van der Waals surface area (Å²) in [6.45, 7) is 2.63. The number of nitrogens with zero attached hydrogens (tertiary/aromatic N) is 1. The van der Waals surface area contributed by atoms with Crippen LogP contribution in [0.3, 0.4) is 0 Å². The Morgan fingerprint density at radius 3 is 2.39 bits per heavy atom. The molecule has 2 amide bonds.